The number of halogens is 1. The van der Waals surface area contributed by atoms with Gasteiger partial charge in [0.05, 0.1) is 17.6 Å². The molecule has 2 saturated heterocycles. The van der Waals surface area contributed by atoms with Gasteiger partial charge in [-0.2, -0.15) is 0 Å². The number of carbonyl (C=O) groups excluding carboxylic acids is 1. The first-order valence-electron chi connectivity index (χ1n) is 6.40. The quantitative estimate of drug-likeness (QED) is 0.435. The van der Waals surface area contributed by atoms with Crippen LogP contribution < -0.4 is 0 Å². The van der Waals surface area contributed by atoms with E-state index in [1.807, 2.05) is 0 Å². The molecule has 0 bridgehead atoms. The second-order valence-electron chi connectivity index (χ2n) is 5.81. The van der Waals surface area contributed by atoms with Gasteiger partial charge in [-0.15, -0.1) is 0 Å². The molecule has 20 heavy (non-hydrogen) atoms. The molecule has 0 spiro atoms. The van der Waals surface area contributed by atoms with Crippen molar-refractivity contribution >= 4 is 34.7 Å². The van der Waals surface area contributed by atoms with E-state index in [9.17, 15) is 24.4 Å². The van der Waals surface area contributed by atoms with Crippen molar-refractivity contribution in [1.82, 2.24) is 4.90 Å². The molecule has 0 radical (unpaired) electrons. The normalized spacial score (nSPS) is 38.4. The fraction of sp³-hybridized carbons (Fsp3) is 0.833. The highest BCUT2D eigenvalue weighted by Crippen LogP contribution is 2.53. The Morgan fingerprint density at radius 1 is 1.65 bits per heavy atom. The molecule has 1 amide bonds. The van der Waals surface area contributed by atoms with Crippen LogP contribution in [0, 0.1) is 5.92 Å². The van der Waals surface area contributed by atoms with Crippen molar-refractivity contribution < 1.29 is 24.4 Å². The van der Waals surface area contributed by atoms with Crippen molar-refractivity contribution in [2.75, 3.05) is 5.75 Å². The standard InChI is InChI=1S/C12H18ClNO5S/c1-4-20(19)12(13)5-6-7(11(2,3)18)9(15)14(6)8(12)10(16)17/h6-8,18H,4-5H2,1-3H3,(H,16,17)/t6-,7+,8?,12?,20?/m1/s1. The number of carboxylic acid groups (broad SMARTS) is 1. The minimum absolute atomic E-state index is 0.117. The van der Waals surface area contributed by atoms with Gasteiger partial charge in [0.15, 0.2) is 6.04 Å². The van der Waals surface area contributed by atoms with Crippen LogP contribution in [0.25, 0.3) is 0 Å². The number of amides is 1. The number of rotatable bonds is 4. The second kappa shape index (κ2) is 4.76. The van der Waals surface area contributed by atoms with Gasteiger partial charge in [0, 0.05) is 6.42 Å². The number of fused-ring (bicyclic) bond motifs is 1. The Bertz CT molecular complexity index is 454. The lowest BCUT2D eigenvalue weighted by Gasteiger charge is -2.48. The zero-order chi connectivity index (χ0) is 15.5. The van der Waals surface area contributed by atoms with Gasteiger partial charge in [-0.25, -0.2) is 4.79 Å². The Morgan fingerprint density at radius 2 is 2.20 bits per heavy atom. The van der Waals surface area contributed by atoms with Crippen molar-refractivity contribution in [2.45, 2.75) is 49.1 Å². The second-order valence-corrected chi connectivity index (χ2v) is 8.70. The highest BCUT2D eigenvalue weighted by Gasteiger charge is 2.72. The van der Waals surface area contributed by atoms with Crippen LogP contribution in [0.4, 0.5) is 0 Å². The molecule has 0 aromatic heterocycles. The molecule has 2 rings (SSSR count). The molecule has 0 aromatic carbocycles. The maximum absolute atomic E-state index is 12.1. The van der Waals surface area contributed by atoms with Gasteiger partial charge in [-0.1, -0.05) is 11.6 Å². The number of hydrogen-bond donors (Lipinski definition) is 2. The fourth-order valence-corrected chi connectivity index (χ4v) is 5.22. The first kappa shape index (κ1) is 15.9. The smallest absolute Gasteiger partial charge is 0.333 e. The third kappa shape index (κ3) is 2.03. The molecule has 114 valence electrons. The molecular weight excluding hydrogens is 306 g/mol. The van der Waals surface area contributed by atoms with Crippen LogP contribution in [0.5, 0.6) is 0 Å². The molecule has 2 heterocycles. The summed E-state index contributed by atoms with van der Waals surface area (Å²) in [5, 5.41) is 19.4. The number of carbonyl (C=O) groups is 2. The van der Waals surface area contributed by atoms with E-state index in [-0.39, 0.29) is 12.2 Å². The van der Waals surface area contributed by atoms with Crippen molar-refractivity contribution in [3.63, 3.8) is 0 Å². The number of aliphatic hydroxyl groups is 1. The summed E-state index contributed by atoms with van der Waals surface area (Å²) in [6.07, 6.45) is 0.117. The highest BCUT2D eigenvalue weighted by molar-refractivity contribution is 7.94. The zero-order valence-corrected chi connectivity index (χ0v) is 13.1. The molecule has 5 atom stereocenters. The van der Waals surface area contributed by atoms with Crippen LogP contribution >= 0.6 is 11.6 Å². The van der Waals surface area contributed by atoms with E-state index in [1.165, 1.54) is 18.7 Å². The molecule has 2 N–H and O–H groups in total. The summed E-state index contributed by atoms with van der Waals surface area (Å²) in [6.45, 7) is 4.67. The lowest BCUT2D eigenvalue weighted by Crippen LogP contribution is -2.68. The number of aliphatic carboxylic acids is 1. The molecule has 2 aliphatic rings. The SMILES string of the molecule is CC[S+]([O-])C1(Cl)C[C@@H]2[C@H](C(C)(C)O)C(=O)N2C1C(=O)O. The van der Waals surface area contributed by atoms with E-state index >= 15 is 0 Å². The predicted molar refractivity (Wildman–Crippen MR) is 73.7 cm³/mol. The van der Waals surface area contributed by atoms with Gasteiger partial charge >= 0.3 is 5.97 Å². The van der Waals surface area contributed by atoms with Crippen LogP contribution in [0.15, 0.2) is 0 Å². The van der Waals surface area contributed by atoms with Gasteiger partial charge < -0.3 is 19.7 Å². The van der Waals surface area contributed by atoms with Gasteiger partial charge in [0.1, 0.15) is 5.75 Å². The topological polar surface area (TPSA) is 101 Å². The van der Waals surface area contributed by atoms with Gasteiger partial charge in [-0.05, 0) is 31.9 Å². The third-order valence-electron chi connectivity index (χ3n) is 4.07. The molecule has 0 saturated carbocycles. The molecule has 0 aromatic rings. The minimum Gasteiger partial charge on any atom is -0.615 e. The molecule has 3 unspecified atom stereocenters. The van der Waals surface area contributed by atoms with Crippen LogP contribution in [-0.2, 0) is 20.8 Å². The number of carboxylic acids is 1. The summed E-state index contributed by atoms with van der Waals surface area (Å²) >= 11 is 4.77. The van der Waals surface area contributed by atoms with Crippen LogP contribution in [0.3, 0.4) is 0 Å². The van der Waals surface area contributed by atoms with Crippen LogP contribution in [0.2, 0.25) is 0 Å². The Morgan fingerprint density at radius 3 is 2.60 bits per heavy atom. The van der Waals surface area contributed by atoms with E-state index in [1.54, 1.807) is 6.92 Å². The monoisotopic (exact) mass is 323 g/mol. The maximum atomic E-state index is 12.1. The Kier molecular flexibility index (Phi) is 3.78. The molecular formula is C12H18ClNO5S. The zero-order valence-electron chi connectivity index (χ0n) is 11.5. The number of nitrogens with zero attached hydrogens (tertiary/aromatic N) is 1. The van der Waals surface area contributed by atoms with E-state index in [4.69, 9.17) is 11.6 Å². The molecule has 0 aliphatic carbocycles. The maximum Gasteiger partial charge on any atom is 0.333 e. The predicted octanol–water partition coefficient (Wildman–Crippen LogP) is 0.145. The lowest BCUT2D eigenvalue weighted by molar-refractivity contribution is -0.177. The minimum atomic E-state index is -1.57. The number of alkyl halides is 1. The molecule has 8 heteroatoms. The van der Waals surface area contributed by atoms with Crippen molar-refractivity contribution in [3.05, 3.63) is 0 Å². The first-order chi connectivity index (χ1) is 9.05. The summed E-state index contributed by atoms with van der Waals surface area (Å²) in [5.74, 6) is -2.17. The lowest BCUT2D eigenvalue weighted by atomic mass is 9.76. The van der Waals surface area contributed by atoms with Crippen LogP contribution in [0.1, 0.15) is 27.2 Å². The van der Waals surface area contributed by atoms with E-state index in [0.717, 1.165) is 0 Å². The number of hydrogen-bond acceptors (Lipinski definition) is 4. The number of β-lactam (4-membered cyclic amide) rings is 1. The summed E-state index contributed by atoms with van der Waals surface area (Å²) in [5.41, 5.74) is -1.25. The highest BCUT2D eigenvalue weighted by atomic mass is 35.5. The molecule has 2 fully saturated rings. The van der Waals surface area contributed by atoms with E-state index in [2.05, 4.69) is 0 Å². The van der Waals surface area contributed by atoms with Gasteiger partial charge in [-0.3, -0.25) is 4.79 Å². The molecule has 2 aliphatic heterocycles. The van der Waals surface area contributed by atoms with Gasteiger partial charge in [0.2, 0.25) is 10.1 Å². The largest absolute Gasteiger partial charge is 0.615 e. The van der Waals surface area contributed by atoms with Crippen molar-refractivity contribution in [1.29, 1.82) is 0 Å². The van der Waals surface area contributed by atoms with E-state index in [0.29, 0.717) is 0 Å². The Balaban J connectivity index is 2.38. The summed E-state index contributed by atoms with van der Waals surface area (Å²) in [4.78, 5) is 24.8. The molecule has 6 nitrogen and oxygen atoms in total. The fourth-order valence-electron chi connectivity index (χ4n) is 3.24. The summed E-state index contributed by atoms with van der Waals surface area (Å²) in [7, 11) is 0. The average Bonchev–Trinajstić information content (AvgIpc) is 2.57. The van der Waals surface area contributed by atoms with Gasteiger partial charge in [0.25, 0.3) is 0 Å². The Labute approximate surface area is 125 Å². The van der Waals surface area contributed by atoms with Crippen LogP contribution in [-0.4, -0.2) is 59.2 Å². The first-order valence-corrected chi connectivity index (χ1v) is 8.10. The third-order valence-corrected chi connectivity index (χ3v) is 6.62. The average molecular weight is 324 g/mol. The van der Waals surface area contributed by atoms with Crippen molar-refractivity contribution in [2.24, 2.45) is 5.92 Å². The van der Waals surface area contributed by atoms with Crippen molar-refractivity contribution in [3.8, 4) is 0 Å². The van der Waals surface area contributed by atoms with E-state index < -0.39 is 50.9 Å². The Hall–Kier alpha value is -0.500. The summed E-state index contributed by atoms with van der Waals surface area (Å²) < 4.78 is 10.7. The summed E-state index contributed by atoms with van der Waals surface area (Å²) in [6, 6.07) is -1.78.